The van der Waals surface area contributed by atoms with Gasteiger partial charge in [-0.05, 0) is 31.6 Å². The third-order valence-electron chi connectivity index (χ3n) is 3.23. The number of aliphatic carboxylic acids is 1. The molecule has 19 heavy (non-hydrogen) atoms. The second-order valence-electron chi connectivity index (χ2n) is 5.36. The summed E-state index contributed by atoms with van der Waals surface area (Å²) in [4.78, 5) is 10.5. The third-order valence-corrected chi connectivity index (χ3v) is 3.79. The molecule has 0 aromatic carbocycles. The number of carboxylic acids is 1. The van der Waals surface area contributed by atoms with E-state index < -0.39 is 5.97 Å². The zero-order chi connectivity index (χ0) is 14.3. The molecule has 112 valence electrons. The van der Waals surface area contributed by atoms with Gasteiger partial charge in [-0.15, -0.1) is 0 Å². The number of hydrogen-bond donors (Lipinski definition) is 1. The molecule has 0 aliphatic carbocycles. The normalized spacial score (nSPS) is 12.9. The topological polar surface area (TPSA) is 37.3 Å². The van der Waals surface area contributed by atoms with Crippen molar-refractivity contribution in [1.29, 1.82) is 0 Å². The van der Waals surface area contributed by atoms with Crippen molar-refractivity contribution >= 4 is 21.9 Å². The molecular formula is C16H29BrO2. The van der Waals surface area contributed by atoms with Gasteiger partial charge in [-0.25, -0.2) is 0 Å². The Hall–Kier alpha value is -0.310. The minimum absolute atomic E-state index is 0.253. The Bertz CT molecular complexity index is 239. The van der Waals surface area contributed by atoms with Crippen LogP contribution in [-0.4, -0.2) is 16.4 Å². The average Bonchev–Trinajstić information content (AvgIpc) is 2.35. The maximum Gasteiger partial charge on any atom is 0.303 e. The van der Waals surface area contributed by atoms with Crippen molar-refractivity contribution < 1.29 is 9.90 Å². The predicted molar refractivity (Wildman–Crippen MR) is 85.9 cm³/mol. The van der Waals surface area contributed by atoms with Crippen LogP contribution in [0.25, 0.3) is 0 Å². The van der Waals surface area contributed by atoms with Gasteiger partial charge in [0.2, 0.25) is 0 Å². The Morgan fingerprint density at radius 3 is 2.21 bits per heavy atom. The van der Waals surface area contributed by atoms with Crippen LogP contribution in [0.5, 0.6) is 0 Å². The molecular weight excluding hydrogens is 304 g/mol. The fourth-order valence-electron chi connectivity index (χ4n) is 2.07. The highest BCUT2D eigenvalue weighted by atomic mass is 79.9. The zero-order valence-corrected chi connectivity index (χ0v) is 13.8. The molecule has 0 aliphatic rings. The SMILES string of the molecule is CC(CC=CCCCCCCCCCBr)CC(=O)O. The molecule has 0 aromatic heterocycles. The van der Waals surface area contributed by atoms with Gasteiger partial charge in [-0.1, -0.05) is 67.1 Å². The largest absolute Gasteiger partial charge is 0.481 e. The van der Waals surface area contributed by atoms with Gasteiger partial charge in [0.05, 0.1) is 0 Å². The number of hydrogen-bond acceptors (Lipinski definition) is 1. The summed E-state index contributed by atoms with van der Waals surface area (Å²) in [5.41, 5.74) is 0. The van der Waals surface area contributed by atoms with Crippen molar-refractivity contribution in [1.82, 2.24) is 0 Å². The van der Waals surface area contributed by atoms with Gasteiger partial charge < -0.3 is 5.11 Å². The first-order valence-corrected chi connectivity index (χ1v) is 8.71. The van der Waals surface area contributed by atoms with Gasteiger partial charge in [-0.3, -0.25) is 4.79 Å². The van der Waals surface area contributed by atoms with E-state index in [2.05, 4.69) is 28.1 Å². The lowest BCUT2D eigenvalue weighted by Crippen LogP contribution is -2.02. The molecule has 0 heterocycles. The van der Waals surface area contributed by atoms with Gasteiger partial charge in [0.1, 0.15) is 0 Å². The molecule has 0 spiro atoms. The van der Waals surface area contributed by atoms with E-state index in [4.69, 9.17) is 5.11 Å². The molecule has 1 unspecified atom stereocenters. The van der Waals surface area contributed by atoms with Gasteiger partial charge in [0, 0.05) is 11.8 Å². The van der Waals surface area contributed by atoms with E-state index in [0.717, 1.165) is 18.2 Å². The van der Waals surface area contributed by atoms with Crippen LogP contribution in [0.2, 0.25) is 0 Å². The van der Waals surface area contributed by atoms with Crippen LogP contribution < -0.4 is 0 Å². The van der Waals surface area contributed by atoms with Crippen molar-refractivity contribution in [3.63, 3.8) is 0 Å². The standard InChI is InChI=1S/C16H29BrO2/c1-15(14-16(18)19)12-10-8-6-4-2-3-5-7-9-11-13-17/h8,10,15H,2-7,9,11-14H2,1H3,(H,18,19). The minimum Gasteiger partial charge on any atom is -0.481 e. The lowest BCUT2D eigenvalue weighted by Gasteiger charge is -2.03. The Morgan fingerprint density at radius 2 is 1.63 bits per heavy atom. The van der Waals surface area contributed by atoms with Crippen LogP contribution in [0.3, 0.4) is 0 Å². The highest BCUT2D eigenvalue weighted by molar-refractivity contribution is 9.09. The number of alkyl halides is 1. The maximum absolute atomic E-state index is 10.5. The summed E-state index contributed by atoms with van der Waals surface area (Å²) in [5, 5.41) is 9.77. The summed E-state index contributed by atoms with van der Waals surface area (Å²) in [6.07, 6.45) is 16.0. The molecule has 0 bridgehead atoms. The molecule has 0 amide bonds. The van der Waals surface area contributed by atoms with Crippen LogP contribution in [0.1, 0.15) is 71.1 Å². The fraction of sp³-hybridized carbons (Fsp3) is 0.812. The summed E-state index contributed by atoms with van der Waals surface area (Å²) in [6, 6.07) is 0. The van der Waals surface area contributed by atoms with Crippen molar-refractivity contribution in [2.24, 2.45) is 5.92 Å². The van der Waals surface area contributed by atoms with E-state index in [1.54, 1.807) is 0 Å². The molecule has 0 saturated carbocycles. The highest BCUT2D eigenvalue weighted by Gasteiger charge is 2.04. The molecule has 0 fully saturated rings. The summed E-state index contributed by atoms with van der Waals surface area (Å²) >= 11 is 3.45. The third kappa shape index (κ3) is 15.6. The molecule has 1 N–H and O–H groups in total. The van der Waals surface area contributed by atoms with E-state index in [9.17, 15) is 4.79 Å². The van der Waals surface area contributed by atoms with E-state index in [1.807, 2.05) is 6.92 Å². The second kappa shape index (κ2) is 14.1. The number of allylic oxidation sites excluding steroid dienone is 2. The molecule has 0 saturated heterocycles. The summed E-state index contributed by atoms with van der Waals surface area (Å²) in [5.74, 6) is -0.441. The van der Waals surface area contributed by atoms with Crippen LogP contribution in [-0.2, 0) is 4.79 Å². The molecule has 0 rings (SSSR count). The monoisotopic (exact) mass is 332 g/mol. The first kappa shape index (κ1) is 18.7. The summed E-state index contributed by atoms with van der Waals surface area (Å²) in [7, 11) is 0. The van der Waals surface area contributed by atoms with E-state index in [-0.39, 0.29) is 12.3 Å². The highest BCUT2D eigenvalue weighted by Crippen LogP contribution is 2.11. The number of unbranched alkanes of at least 4 members (excludes halogenated alkanes) is 7. The first-order valence-electron chi connectivity index (χ1n) is 7.59. The number of halogens is 1. The van der Waals surface area contributed by atoms with Gasteiger partial charge >= 0.3 is 5.97 Å². The van der Waals surface area contributed by atoms with Gasteiger partial charge in [0.25, 0.3) is 0 Å². The van der Waals surface area contributed by atoms with Crippen LogP contribution in [0.15, 0.2) is 12.2 Å². The number of carboxylic acid groups (broad SMARTS) is 1. The smallest absolute Gasteiger partial charge is 0.303 e. The Kier molecular flexibility index (Phi) is 13.9. The lowest BCUT2D eigenvalue weighted by atomic mass is 10.0. The summed E-state index contributed by atoms with van der Waals surface area (Å²) in [6.45, 7) is 1.99. The van der Waals surface area contributed by atoms with Crippen molar-refractivity contribution in [3.05, 3.63) is 12.2 Å². The Balaban J connectivity index is 3.23. The number of rotatable bonds is 13. The Morgan fingerprint density at radius 1 is 1.05 bits per heavy atom. The molecule has 0 aromatic rings. The fourth-order valence-corrected chi connectivity index (χ4v) is 2.46. The maximum atomic E-state index is 10.5. The van der Waals surface area contributed by atoms with E-state index in [1.165, 1.54) is 44.9 Å². The van der Waals surface area contributed by atoms with Crippen molar-refractivity contribution in [3.8, 4) is 0 Å². The Labute approximate surface area is 126 Å². The van der Waals surface area contributed by atoms with Gasteiger partial charge in [-0.2, -0.15) is 0 Å². The van der Waals surface area contributed by atoms with E-state index >= 15 is 0 Å². The quantitative estimate of drug-likeness (QED) is 0.272. The first-order chi connectivity index (χ1) is 9.16. The summed E-state index contributed by atoms with van der Waals surface area (Å²) < 4.78 is 0. The van der Waals surface area contributed by atoms with Gasteiger partial charge in [0.15, 0.2) is 0 Å². The molecule has 0 aliphatic heterocycles. The lowest BCUT2D eigenvalue weighted by molar-refractivity contribution is -0.137. The number of carbonyl (C=O) groups is 1. The second-order valence-corrected chi connectivity index (χ2v) is 6.16. The zero-order valence-electron chi connectivity index (χ0n) is 12.2. The van der Waals surface area contributed by atoms with E-state index in [0.29, 0.717) is 0 Å². The molecule has 2 nitrogen and oxygen atoms in total. The molecule has 1 atom stereocenters. The molecule has 0 radical (unpaired) electrons. The predicted octanol–water partition coefficient (Wildman–Crippen LogP) is 5.56. The van der Waals surface area contributed by atoms with Crippen molar-refractivity contribution in [2.45, 2.75) is 71.1 Å². The van der Waals surface area contributed by atoms with Crippen LogP contribution in [0, 0.1) is 5.92 Å². The van der Waals surface area contributed by atoms with Crippen LogP contribution in [0.4, 0.5) is 0 Å². The van der Waals surface area contributed by atoms with Crippen LogP contribution >= 0.6 is 15.9 Å². The average molecular weight is 333 g/mol. The van der Waals surface area contributed by atoms with Crippen molar-refractivity contribution in [2.75, 3.05) is 5.33 Å². The molecule has 3 heteroatoms. The minimum atomic E-state index is -0.694.